The number of piperidine rings is 1. The molecule has 28 heavy (non-hydrogen) atoms. The summed E-state index contributed by atoms with van der Waals surface area (Å²) >= 11 is 0. The van der Waals surface area contributed by atoms with E-state index in [-0.39, 0.29) is 18.4 Å². The van der Waals surface area contributed by atoms with Gasteiger partial charge in [-0.1, -0.05) is 18.2 Å². The van der Waals surface area contributed by atoms with Gasteiger partial charge in [-0.25, -0.2) is 0 Å². The largest absolute Gasteiger partial charge is 0.497 e. The third-order valence-corrected chi connectivity index (χ3v) is 5.28. The van der Waals surface area contributed by atoms with Crippen molar-refractivity contribution < 1.29 is 19.1 Å². The van der Waals surface area contributed by atoms with Crippen molar-refractivity contribution >= 4 is 17.5 Å². The predicted molar refractivity (Wildman–Crippen MR) is 106 cm³/mol. The zero-order valence-corrected chi connectivity index (χ0v) is 16.0. The average Bonchev–Trinajstić information content (AvgIpc) is 2.78. The molecule has 0 bridgehead atoms. The van der Waals surface area contributed by atoms with E-state index in [4.69, 9.17) is 9.47 Å². The fraction of sp³-hybridized carbons (Fsp3) is 0.364. The number of carbonyl (C=O) groups excluding carboxylic acids is 2. The van der Waals surface area contributed by atoms with Crippen molar-refractivity contribution in [2.24, 2.45) is 0 Å². The molecule has 4 rings (SSSR count). The third kappa shape index (κ3) is 3.54. The summed E-state index contributed by atoms with van der Waals surface area (Å²) < 4.78 is 11.2. The van der Waals surface area contributed by atoms with Gasteiger partial charge in [0.2, 0.25) is 0 Å². The van der Waals surface area contributed by atoms with Crippen molar-refractivity contribution in [3.63, 3.8) is 0 Å². The number of ether oxygens (including phenoxy) is 2. The van der Waals surface area contributed by atoms with Crippen LogP contribution in [0.2, 0.25) is 0 Å². The van der Waals surface area contributed by atoms with E-state index >= 15 is 0 Å². The summed E-state index contributed by atoms with van der Waals surface area (Å²) in [5, 5.41) is 0. The van der Waals surface area contributed by atoms with Crippen LogP contribution < -0.4 is 14.4 Å². The summed E-state index contributed by atoms with van der Waals surface area (Å²) in [5.74, 6) is 0.956. The van der Waals surface area contributed by atoms with Gasteiger partial charge in [0.05, 0.1) is 19.3 Å². The number of hydrogen-bond donors (Lipinski definition) is 0. The van der Waals surface area contributed by atoms with E-state index in [2.05, 4.69) is 0 Å². The van der Waals surface area contributed by atoms with E-state index < -0.39 is 6.10 Å². The Labute approximate surface area is 164 Å². The Hall–Kier alpha value is -3.02. The van der Waals surface area contributed by atoms with Crippen LogP contribution in [-0.4, -0.2) is 49.6 Å². The van der Waals surface area contributed by atoms with Gasteiger partial charge in [0, 0.05) is 18.7 Å². The molecule has 2 aromatic carbocycles. The highest BCUT2D eigenvalue weighted by Crippen LogP contribution is 2.35. The Morgan fingerprint density at radius 2 is 1.82 bits per heavy atom. The van der Waals surface area contributed by atoms with Crippen molar-refractivity contribution in [2.75, 3.05) is 31.6 Å². The van der Waals surface area contributed by atoms with Crippen LogP contribution in [-0.2, 0) is 4.79 Å². The second-order valence-corrected chi connectivity index (χ2v) is 7.11. The lowest BCUT2D eigenvalue weighted by Crippen LogP contribution is -2.52. The quantitative estimate of drug-likeness (QED) is 0.821. The Balaban J connectivity index is 1.63. The van der Waals surface area contributed by atoms with Gasteiger partial charge in [-0.2, -0.15) is 0 Å². The number of rotatable bonds is 3. The minimum atomic E-state index is -0.692. The molecule has 0 radical (unpaired) electrons. The number of para-hydroxylation sites is 2. The molecular weight excluding hydrogens is 356 g/mol. The number of amides is 2. The van der Waals surface area contributed by atoms with Crippen LogP contribution in [0.25, 0.3) is 0 Å². The molecule has 1 atom stereocenters. The van der Waals surface area contributed by atoms with Gasteiger partial charge in [-0.3, -0.25) is 9.59 Å². The molecule has 146 valence electrons. The lowest BCUT2D eigenvalue weighted by Gasteiger charge is -2.37. The summed E-state index contributed by atoms with van der Waals surface area (Å²) in [6, 6.07) is 14.4. The number of anilines is 1. The Bertz CT molecular complexity index is 876. The number of nitrogens with zero attached hydrogens (tertiary/aromatic N) is 2. The van der Waals surface area contributed by atoms with Crippen molar-refractivity contribution in [2.45, 2.75) is 25.4 Å². The fourth-order valence-corrected chi connectivity index (χ4v) is 3.79. The lowest BCUT2D eigenvalue weighted by atomic mass is 10.1. The molecule has 0 spiro atoms. The summed E-state index contributed by atoms with van der Waals surface area (Å²) in [7, 11) is 1.57. The Morgan fingerprint density at radius 3 is 2.61 bits per heavy atom. The van der Waals surface area contributed by atoms with Gasteiger partial charge in [-0.15, -0.1) is 0 Å². The van der Waals surface area contributed by atoms with Crippen molar-refractivity contribution in [1.29, 1.82) is 0 Å². The Morgan fingerprint density at radius 1 is 1.04 bits per heavy atom. The van der Waals surface area contributed by atoms with E-state index in [0.29, 0.717) is 22.7 Å². The van der Waals surface area contributed by atoms with Crippen molar-refractivity contribution in [3.8, 4) is 11.5 Å². The first-order valence-electron chi connectivity index (χ1n) is 9.68. The van der Waals surface area contributed by atoms with Gasteiger partial charge >= 0.3 is 0 Å². The van der Waals surface area contributed by atoms with Gasteiger partial charge in [0.15, 0.2) is 6.10 Å². The maximum absolute atomic E-state index is 13.3. The molecule has 6 heteroatoms. The van der Waals surface area contributed by atoms with E-state index in [1.54, 1.807) is 42.3 Å². The molecule has 1 saturated heterocycles. The van der Waals surface area contributed by atoms with E-state index in [1.807, 2.05) is 23.1 Å². The molecule has 0 aliphatic carbocycles. The van der Waals surface area contributed by atoms with Gasteiger partial charge in [0.25, 0.3) is 11.8 Å². The minimum Gasteiger partial charge on any atom is -0.497 e. The van der Waals surface area contributed by atoms with Gasteiger partial charge < -0.3 is 19.3 Å². The normalized spacial score (nSPS) is 18.8. The molecule has 0 aromatic heterocycles. The van der Waals surface area contributed by atoms with Crippen LogP contribution in [0.5, 0.6) is 11.5 Å². The zero-order valence-electron chi connectivity index (χ0n) is 16.0. The van der Waals surface area contributed by atoms with Crippen LogP contribution in [0.3, 0.4) is 0 Å². The summed E-state index contributed by atoms with van der Waals surface area (Å²) in [5.41, 5.74) is 1.19. The van der Waals surface area contributed by atoms with Crippen LogP contribution in [0, 0.1) is 0 Å². The maximum atomic E-state index is 13.3. The molecule has 1 fully saturated rings. The standard InChI is InChI=1S/C22H24N2O4/c1-27-17-9-7-8-16(14-17)21(25)24-15-20(22(26)23-12-5-2-6-13-23)28-19-11-4-3-10-18(19)24/h3-4,7-11,14,20H,2,5-6,12-13,15H2,1H3. The minimum absolute atomic E-state index is 0.0438. The van der Waals surface area contributed by atoms with Crippen LogP contribution in [0.15, 0.2) is 48.5 Å². The predicted octanol–water partition coefficient (Wildman–Crippen LogP) is 3.12. The van der Waals surface area contributed by atoms with E-state index in [9.17, 15) is 9.59 Å². The molecule has 2 heterocycles. The van der Waals surface area contributed by atoms with Crippen molar-refractivity contribution in [3.05, 3.63) is 54.1 Å². The van der Waals surface area contributed by atoms with Crippen LogP contribution in [0.1, 0.15) is 29.6 Å². The van der Waals surface area contributed by atoms with Gasteiger partial charge in [0.1, 0.15) is 11.5 Å². The smallest absolute Gasteiger partial charge is 0.265 e. The number of carbonyl (C=O) groups is 2. The first kappa shape index (κ1) is 18.3. The molecule has 0 saturated carbocycles. The molecule has 2 aliphatic heterocycles. The second kappa shape index (κ2) is 7.92. The molecule has 2 aliphatic rings. The highest BCUT2D eigenvalue weighted by molar-refractivity contribution is 6.08. The lowest BCUT2D eigenvalue weighted by molar-refractivity contribution is -0.139. The number of benzene rings is 2. The molecule has 2 amide bonds. The topological polar surface area (TPSA) is 59.1 Å². The molecule has 2 aromatic rings. The number of likely N-dealkylation sites (tertiary alicyclic amines) is 1. The molecule has 1 unspecified atom stereocenters. The fourth-order valence-electron chi connectivity index (χ4n) is 3.79. The third-order valence-electron chi connectivity index (χ3n) is 5.28. The second-order valence-electron chi connectivity index (χ2n) is 7.11. The summed E-state index contributed by atoms with van der Waals surface area (Å²) in [4.78, 5) is 29.8. The maximum Gasteiger partial charge on any atom is 0.265 e. The summed E-state index contributed by atoms with van der Waals surface area (Å²) in [6.07, 6.45) is 2.49. The molecule has 6 nitrogen and oxygen atoms in total. The first-order valence-corrected chi connectivity index (χ1v) is 9.68. The first-order chi connectivity index (χ1) is 13.7. The molecule has 0 N–H and O–H groups in total. The zero-order chi connectivity index (χ0) is 19.5. The van der Waals surface area contributed by atoms with E-state index in [1.165, 1.54) is 0 Å². The number of hydrogen-bond acceptors (Lipinski definition) is 4. The van der Waals surface area contributed by atoms with Crippen LogP contribution >= 0.6 is 0 Å². The van der Waals surface area contributed by atoms with Gasteiger partial charge in [-0.05, 0) is 49.6 Å². The SMILES string of the molecule is COc1cccc(C(=O)N2CC(C(=O)N3CCCCC3)Oc3ccccc32)c1. The number of fused-ring (bicyclic) bond motifs is 1. The summed E-state index contributed by atoms with van der Waals surface area (Å²) in [6.45, 7) is 1.71. The number of methoxy groups -OCH3 is 1. The highest BCUT2D eigenvalue weighted by Gasteiger charge is 2.36. The van der Waals surface area contributed by atoms with Crippen molar-refractivity contribution in [1.82, 2.24) is 4.90 Å². The van der Waals surface area contributed by atoms with Crippen LogP contribution in [0.4, 0.5) is 5.69 Å². The average molecular weight is 380 g/mol. The van der Waals surface area contributed by atoms with E-state index in [0.717, 1.165) is 32.4 Å². The monoisotopic (exact) mass is 380 g/mol. The molecular formula is C22H24N2O4. The highest BCUT2D eigenvalue weighted by atomic mass is 16.5. The Kier molecular flexibility index (Phi) is 5.19.